The van der Waals surface area contributed by atoms with Gasteiger partial charge >= 0.3 is 5.97 Å². The van der Waals surface area contributed by atoms with Gasteiger partial charge in [0.15, 0.2) is 0 Å². The van der Waals surface area contributed by atoms with E-state index in [9.17, 15) is 9.59 Å². The number of thiophene rings is 1. The molecule has 0 spiro atoms. The SMILES string of the molecule is CCOC(=O)c1c(NC(=O)c2cnccn2)sc2c1CCC2. The molecule has 0 saturated carbocycles. The van der Waals surface area contributed by atoms with Crippen LogP contribution in [0.25, 0.3) is 0 Å². The summed E-state index contributed by atoms with van der Waals surface area (Å²) in [6, 6.07) is 0. The Morgan fingerprint density at radius 1 is 1.36 bits per heavy atom. The predicted octanol–water partition coefficient (Wildman–Crippen LogP) is 2.46. The summed E-state index contributed by atoms with van der Waals surface area (Å²) in [5.41, 5.74) is 1.72. The van der Waals surface area contributed by atoms with Gasteiger partial charge in [0.1, 0.15) is 10.7 Å². The molecule has 0 aliphatic heterocycles. The molecule has 0 saturated heterocycles. The monoisotopic (exact) mass is 317 g/mol. The van der Waals surface area contributed by atoms with Crippen LogP contribution >= 0.6 is 11.3 Å². The summed E-state index contributed by atoms with van der Waals surface area (Å²) in [5.74, 6) is -0.755. The lowest BCUT2D eigenvalue weighted by atomic mass is 10.1. The van der Waals surface area contributed by atoms with Crippen molar-refractivity contribution in [2.24, 2.45) is 0 Å². The number of carbonyl (C=O) groups is 2. The number of anilines is 1. The highest BCUT2D eigenvalue weighted by atomic mass is 32.1. The third-order valence-electron chi connectivity index (χ3n) is 3.42. The van der Waals surface area contributed by atoms with Crippen LogP contribution in [0.4, 0.5) is 5.00 Å². The summed E-state index contributed by atoms with van der Waals surface area (Å²) in [6.45, 7) is 2.07. The Bertz CT molecular complexity index is 712. The Balaban J connectivity index is 1.91. The van der Waals surface area contributed by atoms with Crippen molar-refractivity contribution in [3.05, 3.63) is 40.3 Å². The first kappa shape index (κ1) is 14.6. The first-order valence-corrected chi connectivity index (χ1v) is 7.91. The van der Waals surface area contributed by atoms with Crippen LogP contribution in [-0.4, -0.2) is 28.5 Å². The van der Waals surface area contributed by atoms with Crippen LogP contribution in [0.15, 0.2) is 18.6 Å². The van der Waals surface area contributed by atoms with E-state index in [1.165, 1.54) is 29.9 Å². The van der Waals surface area contributed by atoms with Crippen molar-refractivity contribution in [2.75, 3.05) is 11.9 Å². The number of carbonyl (C=O) groups excluding carboxylic acids is 2. The summed E-state index contributed by atoms with van der Waals surface area (Å²) < 4.78 is 5.13. The molecule has 0 unspecified atom stereocenters. The maximum absolute atomic E-state index is 12.2. The number of rotatable bonds is 4. The van der Waals surface area contributed by atoms with E-state index in [1.807, 2.05) is 0 Å². The first-order valence-electron chi connectivity index (χ1n) is 7.09. The average molecular weight is 317 g/mol. The molecule has 0 radical (unpaired) electrons. The standard InChI is InChI=1S/C15H15N3O3S/c1-2-21-15(20)12-9-4-3-5-11(9)22-14(12)18-13(19)10-8-16-6-7-17-10/h6-8H,2-5H2,1H3,(H,18,19). The van der Waals surface area contributed by atoms with Gasteiger partial charge in [-0.05, 0) is 31.7 Å². The van der Waals surface area contributed by atoms with Crippen molar-refractivity contribution < 1.29 is 14.3 Å². The summed E-state index contributed by atoms with van der Waals surface area (Å²) in [5, 5.41) is 3.31. The molecule has 0 fully saturated rings. The van der Waals surface area contributed by atoms with Gasteiger partial charge in [0.2, 0.25) is 0 Å². The molecule has 2 aromatic rings. The Hall–Kier alpha value is -2.28. The number of nitrogens with zero attached hydrogens (tertiary/aromatic N) is 2. The van der Waals surface area contributed by atoms with E-state index >= 15 is 0 Å². The van der Waals surface area contributed by atoms with Gasteiger partial charge in [0.25, 0.3) is 5.91 Å². The molecule has 114 valence electrons. The summed E-state index contributed by atoms with van der Waals surface area (Å²) in [7, 11) is 0. The molecular weight excluding hydrogens is 302 g/mol. The molecule has 1 N–H and O–H groups in total. The second-order valence-electron chi connectivity index (χ2n) is 4.83. The van der Waals surface area contributed by atoms with Crippen molar-refractivity contribution in [2.45, 2.75) is 26.2 Å². The van der Waals surface area contributed by atoms with E-state index in [0.29, 0.717) is 17.2 Å². The zero-order valence-electron chi connectivity index (χ0n) is 12.1. The maximum atomic E-state index is 12.2. The van der Waals surface area contributed by atoms with Crippen LogP contribution in [0.3, 0.4) is 0 Å². The van der Waals surface area contributed by atoms with Crippen molar-refractivity contribution in [3.63, 3.8) is 0 Å². The topological polar surface area (TPSA) is 81.2 Å². The second kappa shape index (κ2) is 6.23. The highest BCUT2D eigenvalue weighted by Crippen LogP contribution is 2.39. The summed E-state index contributed by atoms with van der Waals surface area (Å²) >= 11 is 1.44. The van der Waals surface area contributed by atoms with Crippen LogP contribution in [0, 0.1) is 0 Å². The largest absolute Gasteiger partial charge is 0.462 e. The fourth-order valence-corrected chi connectivity index (χ4v) is 3.77. The lowest BCUT2D eigenvalue weighted by Crippen LogP contribution is -2.16. The smallest absolute Gasteiger partial charge is 0.341 e. The highest BCUT2D eigenvalue weighted by Gasteiger charge is 2.28. The minimum absolute atomic E-state index is 0.214. The molecule has 2 heterocycles. The van der Waals surface area contributed by atoms with Gasteiger partial charge in [-0.15, -0.1) is 11.3 Å². The van der Waals surface area contributed by atoms with Crippen LogP contribution < -0.4 is 5.32 Å². The lowest BCUT2D eigenvalue weighted by molar-refractivity contribution is 0.0527. The number of hydrogen-bond acceptors (Lipinski definition) is 6. The van der Waals surface area contributed by atoms with Gasteiger partial charge in [0, 0.05) is 17.3 Å². The zero-order valence-corrected chi connectivity index (χ0v) is 12.9. The number of aryl methyl sites for hydroxylation is 1. The second-order valence-corrected chi connectivity index (χ2v) is 5.93. The summed E-state index contributed by atoms with van der Waals surface area (Å²) in [4.78, 5) is 33.4. The van der Waals surface area contributed by atoms with Crippen molar-refractivity contribution in [3.8, 4) is 0 Å². The van der Waals surface area contributed by atoms with Gasteiger partial charge in [-0.1, -0.05) is 0 Å². The maximum Gasteiger partial charge on any atom is 0.341 e. The van der Waals surface area contributed by atoms with Gasteiger partial charge in [-0.3, -0.25) is 9.78 Å². The van der Waals surface area contributed by atoms with Crippen molar-refractivity contribution in [1.29, 1.82) is 0 Å². The first-order chi connectivity index (χ1) is 10.7. The predicted molar refractivity (Wildman–Crippen MR) is 82.3 cm³/mol. The Kier molecular flexibility index (Phi) is 4.15. The molecule has 7 heteroatoms. The molecule has 0 bridgehead atoms. The molecule has 1 aliphatic carbocycles. The number of aromatic nitrogens is 2. The fraction of sp³-hybridized carbons (Fsp3) is 0.333. The van der Waals surface area contributed by atoms with Crippen LogP contribution in [0.1, 0.15) is 44.6 Å². The van der Waals surface area contributed by atoms with Gasteiger partial charge in [-0.2, -0.15) is 0 Å². The van der Waals surface area contributed by atoms with Gasteiger partial charge < -0.3 is 10.1 Å². The van der Waals surface area contributed by atoms with E-state index in [4.69, 9.17) is 4.74 Å². The lowest BCUT2D eigenvalue weighted by Gasteiger charge is -2.07. The Morgan fingerprint density at radius 2 is 2.23 bits per heavy atom. The van der Waals surface area contributed by atoms with Crippen LogP contribution in [0.5, 0.6) is 0 Å². The molecule has 3 rings (SSSR count). The number of nitrogens with one attached hydrogen (secondary N) is 1. The molecule has 6 nitrogen and oxygen atoms in total. The van der Waals surface area contributed by atoms with E-state index < -0.39 is 0 Å². The summed E-state index contributed by atoms with van der Waals surface area (Å²) in [6.07, 6.45) is 7.16. The molecule has 22 heavy (non-hydrogen) atoms. The Labute approximate surface area is 131 Å². The van der Waals surface area contributed by atoms with E-state index in [1.54, 1.807) is 6.92 Å². The highest BCUT2D eigenvalue weighted by molar-refractivity contribution is 7.17. The Morgan fingerprint density at radius 3 is 2.95 bits per heavy atom. The van der Waals surface area contributed by atoms with Crippen molar-refractivity contribution in [1.82, 2.24) is 9.97 Å². The molecule has 0 atom stereocenters. The fourth-order valence-electron chi connectivity index (χ4n) is 2.50. The molecular formula is C15H15N3O3S. The zero-order chi connectivity index (χ0) is 15.5. The number of amides is 1. The molecule has 1 aliphatic rings. The minimum Gasteiger partial charge on any atom is -0.462 e. The number of hydrogen-bond donors (Lipinski definition) is 1. The third-order valence-corrected chi connectivity index (χ3v) is 4.63. The average Bonchev–Trinajstić information content (AvgIpc) is 3.08. The van der Waals surface area contributed by atoms with Gasteiger partial charge in [-0.25, -0.2) is 9.78 Å². The molecule has 1 amide bonds. The van der Waals surface area contributed by atoms with E-state index in [0.717, 1.165) is 29.7 Å². The third kappa shape index (κ3) is 2.71. The van der Waals surface area contributed by atoms with E-state index in [2.05, 4.69) is 15.3 Å². The number of fused-ring (bicyclic) bond motifs is 1. The van der Waals surface area contributed by atoms with E-state index in [-0.39, 0.29) is 17.6 Å². The van der Waals surface area contributed by atoms with Crippen LogP contribution in [-0.2, 0) is 17.6 Å². The quantitative estimate of drug-likeness (QED) is 0.876. The molecule has 2 aromatic heterocycles. The number of esters is 1. The van der Waals surface area contributed by atoms with Gasteiger partial charge in [0.05, 0.1) is 18.4 Å². The molecule has 0 aromatic carbocycles. The number of ether oxygens (including phenoxy) is 1. The van der Waals surface area contributed by atoms with Crippen molar-refractivity contribution >= 4 is 28.2 Å². The van der Waals surface area contributed by atoms with Crippen LogP contribution in [0.2, 0.25) is 0 Å². The normalized spacial score (nSPS) is 12.8. The minimum atomic E-state index is -0.378.